The summed E-state index contributed by atoms with van der Waals surface area (Å²) in [6.45, 7) is 17.2. The van der Waals surface area contributed by atoms with Crippen LogP contribution >= 0.6 is 0 Å². The average molecular weight is 300 g/mol. The van der Waals surface area contributed by atoms with E-state index in [2.05, 4.69) is 37.9 Å². The molecule has 0 bridgehead atoms. The Balaban J connectivity index is 4.21. The third-order valence-electron chi connectivity index (χ3n) is 3.76. The van der Waals surface area contributed by atoms with Crippen molar-refractivity contribution in [3.8, 4) is 0 Å². The molecular formula is C17H37N3O. The molecule has 0 aromatic rings. The topological polar surface area (TPSA) is 58.4 Å². The van der Waals surface area contributed by atoms with E-state index >= 15 is 0 Å². The number of primary amides is 1. The molecular weight excluding hydrogens is 262 g/mol. The van der Waals surface area contributed by atoms with Crippen molar-refractivity contribution in [2.45, 2.75) is 66.3 Å². The number of hydrogen-bond acceptors (Lipinski definition) is 3. The average Bonchev–Trinajstić information content (AvgIpc) is 2.33. The van der Waals surface area contributed by atoms with Gasteiger partial charge in [-0.25, -0.2) is 0 Å². The smallest absolute Gasteiger partial charge is 0.237 e. The first-order valence-electron chi connectivity index (χ1n) is 8.48. The van der Waals surface area contributed by atoms with Gasteiger partial charge < -0.3 is 16.0 Å². The molecule has 0 radical (unpaired) electrons. The van der Waals surface area contributed by atoms with Crippen LogP contribution < -0.4 is 11.1 Å². The van der Waals surface area contributed by atoms with Crippen molar-refractivity contribution >= 4 is 5.91 Å². The zero-order valence-corrected chi connectivity index (χ0v) is 15.0. The Morgan fingerprint density at radius 2 is 1.67 bits per heavy atom. The molecule has 0 aliphatic heterocycles. The molecule has 0 aromatic heterocycles. The molecule has 0 aliphatic rings. The lowest BCUT2D eigenvalue weighted by Gasteiger charge is -2.29. The summed E-state index contributed by atoms with van der Waals surface area (Å²) in [5.41, 5.74) is 4.96. The van der Waals surface area contributed by atoms with Crippen LogP contribution in [0.1, 0.15) is 60.8 Å². The van der Waals surface area contributed by atoms with Gasteiger partial charge in [-0.1, -0.05) is 34.6 Å². The van der Waals surface area contributed by atoms with Gasteiger partial charge in [-0.3, -0.25) is 4.79 Å². The van der Waals surface area contributed by atoms with Crippen LogP contribution in [-0.2, 0) is 4.79 Å². The number of hydrogen-bond donors (Lipinski definition) is 2. The number of nitrogens with two attached hydrogens (primary N) is 1. The normalized spacial score (nSPS) is 14.9. The van der Waals surface area contributed by atoms with E-state index in [4.69, 9.17) is 5.73 Å². The fourth-order valence-corrected chi connectivity index (χ4v) is 2.79. The van der Waals surface area contributed by atoms with Crippen LogP contribution in [-0.4, -0.2) is 42.5 Å². The highest BCUT2D eigenvalue weighted by Gasteiger charge is 2.28. The highest BCUT2D eigenvalue weighted by molar-refractivity contribution is 5.84. The maximum atomic E-state index is 11.6. The summed E-state index contributed by atoms with van der Waals surface area (Å²) in [4.78, 5) is 14.1. The molecule has 0 spiro atoms. The van der Waals surface area contributed by atoms with Crippen molar-refractivity contribution in [1.29, 1.82) is 0 Å². The van der Waals surface area contributed by atoms with Crippen LogP contribution in [0.4, 0.5) is 0 Å². The summed E-state index contributed by atoms with van der Waals surface area (Å²) in [7, 11) is 0. The molecule has 4 heteroatoms. The number of amides is 1. The molecule has 0 saturated carbocycles. The lowest BCUT2D eigenvalue weighted by atomic mass is 9.93. The molecule has 0 rings (SSSR count). The van der Waals surface area contributed by atoms with E-state index in [0.717, 1.165) is 45.4 Å². The van der Waals surface area contributed by atoms with Gasteiger partial charge in [0.2, 0.25) is 5.91 Å². The van der Waals surface area contributed by atoms with Crippen LogP contribution in [0.5, 0.6) is 0 Å². The maximum absolute atomic E-state index is 11.6. The molecule has 0 aliphatic carbocycles. The molecule has 21 heavy (non-hydrogen) atoms. The largest absolute Gasteiger partial charge is 0.368 e. The third-order valence-corrected chi connectivity index (χ3v) is 3.76. The van der Waals surface area contributed by atoms with E-state index in [0.29, 0.717) is 11.8 Å². The fraction of sp³-hybridized carbons (Fsp3) is 0.941. The van der Waals surface area contributed by atoms with Crippen molar-refractivity contribution in [2.75, 3.05) is 26.2 Å². The Kier molecular flexibility index (Phi) is 9.88. The minimum absolute atomic E-state index is 0.245. The zero-order chi connectivity index (χ0) is 16.5. The van der Waals surface area contributed by atoms with Crippen LogP contribution in [0.2, 0.25) is 0 Å². The lowest BCUT2D eigenvalue weighted by Crippen LogP contribution is -2.53. The predicted molar refractivity (Wildman–Crippen MR) is 91.2 cm³/mol. The van der Waals surface area contributed by atoms with Gasteiger partial charge in [0.05, 0.1) is 5.54 Å². The van der Waals surface area contributed by atoms with Gasteiger partial charge in [0.25, 0.3) is 0 Å². The number of unbranched alkanes of at least 4 members (excludes halogenated alkanes) is 1. The second-order valence-corrected chi connectivity index (χ2v) is 7.23. The first kappa shape index (κ1) is 20.4. The molecule has 3 N–H and O–H groups in total. The third kappa shape index (κ3) is 9.10. The molecule has 4 nitrogen and oxygen atoms in total. The minimum Gasteiger partial charge on any atom is -0.368 e. The van der Waals surface area contributed by atoms with Gasteiger partial charge >= 0.3 is 0 Å². The summed E-state index contributed by atoms with van der Waals surface area (Å²) in [6, 6.07) is 0. The molecule has 0 saturated heterocycles. The first-order chi connectivity index (χ1) is 9.71. The number of carbonyl (C=O) groups is 1. The highest BCUT2D eigenvalue weighted by Crippen LogP contribution is 2.14. The molecule has 1 atom stereocenters. The highest BCUT2D eigenvalue weighted by atomic mass is 16.1. The monoisotopic (exact) mass is 299 g/mol. The Hall–Kier alpha value is -0.610. The Labute approximate surface area is 131 Å². The molecule has 0 heterocycles. The van der Waals surface area contributed by atoms with E-state index < -0.39 is 5.54 Å². The molecule has 1 unspecified atom stereocenters. The molecule has 0 aromatic carbocycles. The van der Waals surface area contributed by atoms with E-state index in [1.807, 2.05) is 13.8 Å². The van der Waals surface area contributed by atoms with Crippen molar-refractivity contribution in [1.82, 2.24) is 10.2 Å². The Morgan fingerprint density at radius 1 is 1.14 bits per heavy atom. The van der Waals surface area contributed by atoms with Gasteiger partial charge in [-0.15, -0.1) is 0 Å². The van der Waals surface area contributed by atoms with Gasteiger partial charge in [0.1, 0.15) is 0 Å². The standard InChI is InChI=1S/C17H37N3O/c1-7-19-17(6,16(18)21)10-8-9-11-20(12-14(2)3)13-15(4)5/h14-15,19H,7-13H2,1-6H3,(H2,18,21). The Morgan fingerprint density at radius 3 is 2.05 bits per heavy atom. The summed E-state index contributed by atoms with van der Waals surface area (Å²) in [5, 5.41) is 3.22. The van der Waals surface area contributed by atoms with Crippen LogP contribution in [0.3, 0.4) is 0 Å². The zero-order valence-electron chi connectivity index (χ0n) is 15.0. The number of nitrogens with one attached hydrogen (secondary N) is 1. The maximum Gasteiger partial charge on any atom is 0.237 e. The second kappa shape index (κ2) is 10.2. The molecule has 0 fully saturated rings. The predicted octanol–water partition coefficient (Wildman–Crippen LogP) is 2.62. The van der Waals surface area contributed by atoms with Crippen molar-refractivity contribution in [3.05, 3.63) is 0 Å². The van der Waals surface area contributed by atoms with Crippen LogP contribution in [0.15, 0.2) is 0 Å². The summed E-state index contributed by atoms with van der Waals surface area (Å²) in [5.74, 6) is 1.15. The summed E-state index contributed by atoms with van der Waals surface area (Å²) < 4.78 is 0. The van der Waals surface area contributed by atoms with Gasteiger partial charge in [-0.05, 0) is 51.1 Å². The van der Waals surface area contributed by atoms with Crippen LogP contribution in [0.25, 0.3) is 0 Å². The first-order valence-corrected chi connectivity index (χ1v) is 8.48. The second-order valence-electron chi connectivity index (χ2n) is 7.23. The van der Waals surface area contributed by atoms with Crippen molar-refractivity contribution < 1.29 is 4.79 Å². The minimum atomic E-state index is -0.560. The van der Waals surface area contributed by atoms with E-state index in [-0.39, 0.29) is 5.91 Å². The van der Waals surface area contributed by atoms with Crippen molar-refractivity contribution in [3.63, 3.8) is 0 Å². The number of carbonyl (C=O) groups excluding carboxylic acids is 1. The van der Waals surface area contributed by atoms with E-state index in [9.17, 15) is 4.79 Å². The van der Waals surface area contributed by atoms with Crippen molar-refractivity contribution in [2.24, 2.45) is 17.6 Å². The SMILES string of the molecule is CCNC(C)(CCCCN(CC(C)C)CC(C)C)C(N)=O. The fourth-order valence-electron chi connectivity index (χ4n) is 2.79. The summed E-state index contributed by atoms with van der Waals surface area (Å²) in [6.07, 6.45) is 2.96. The number of rotatable bonds is 12. The van der Waals surface area contributed by atoms with Gasteiger partial charge in [0.15, 0.2) is 0 Å². The van der Waals surface area contributed by atoms with E-state index in [1.54, 1.807) is 0 Å². The molecule has 126 valence electrons. The van der Waals surface area contributed by atoms with E-state index in [1.165, 1.54) is 0 Å². The number of nitrogens with zero attached hydrogens (tertiary/aromatic N) is 1. The summed E-state index contributed by atoms with van der Waals surface area (Å²) >= 11 is 0. The number of likely N-dealkylation sites (N-methyl/N-ethyl adjacent to an activating group) is 1. The molecule has 1 amide bonds. The van der Waals surface area contributed by atoms with Crippen LogP contribution in [0, 0.1) is 11.8 Å². The van der Waals surface area contributed by atoms with Gasteiger partial charge in [0, 0.05) is 13.1 Å². The lowest BCUT2D eigenvalue weighted by molar-refractivity contribution is -0.124. The Bertz CT molecular complexity index is 282. The quantitative estimate of drug-likeness (QED) is 0.545. The van der Waals surface area contributed by atoms with Gasteiger partial charge in [-0.2, -0.15) is 0 Å².